The highest BCUT2D eigenvalue weighted by Gasteiger charge is 2.32. The molecular weight excluding hydrogens is 216 g/mol. The third kappa shape index (κ3) is 1.57. The lowest BCUT2D eigenvalue weighted by molar-refractivity contribution is -0.113. The van der Waals surface area contributed by atoms with Crippen LogP contribution < -0.4 is 9.47 Å². The molecule has 1 atom stereocenters. The van der Waals surface area contributed by atoms with Gasteiger partial charge < -0.3 is 9.47 Å². The first kappa shape index (κ1) is 10.3. The smallest absolute Gasteiger partial charge is 0.229 e. The van der Waals surface area contributed by atoms with Gasteiger partial charge in [0.1, 0.15) is 0 Å². The molecule has 0 N–H and O–H groups in total. The van der Waals surface area contributed by atoms with Crippen LogP contribution >= 0.6 is 11.6 Å². The lowest BCUT2D eigenvalue weighted by atomic mass is 9.78. The summed E-state index contributed by atoms with van der Waals surface area (Å²) in [5, 5.41) is -0.310. The van der Waals surface area contributed by atoms with Gasteiger partial charge in [-0.25, -0.2) is 0 Å². The number of hydrogen-bond acceptors (Lipinski definition) is 3. The van der Waals surface area contributed by atoms with Crippen molar-refractivity contribution >= 4 is 16.8 Å². The quantitative estimate of drug-likeness (QED) is 0.741. The summed E-state index contributed by atoms with van der Waals surface area (Å²) in [6.45, 7) is 0. The molecule has 4 heteroatoms. The minimum atomic E-state index is -0.310. The summed E-state index contributed by atoms with van der Waals surface area (Å²) in [6, 6.07) is 3.72. The lowest BCUT2D eigenvalue weighted by Gasteiger charge is -2.28. The minimum Gasteiger partial charge on any atom is -0.493 e. The van der Waals surface area contributed by atoms with Gasteiger partial charge in [0.2, 0.25) is 5.24 Å². The van der Waals surface area contributed by atoms with Crippen molar-refractivity contribution in [3.63, 3.8) is 0 Å². The molecule has 1 unspecified atom stereocenters. The van der Waals surface area contributed by atoms with Crippen molar-refractivity contribution in [2.24, 2.45) is 0 Å². The molecule has 0 heterocycles. The van der Waals surface area contributed by atoms with Gasteiger partial charge in [-0.1, -0.05) is 0 Å². The van der Waals surface area contributed by atoms with Crippen LogP contribution in [0.5, 0.6) is 11.5 Å². The van der Waals surface area contributed by atoms with Gasteiger partial charge in [-0.3, -0.25) is 4.79 Å². The van der Waals surface area contributed by atoms with Crippen LogP contribution in [0.15, 0.2) is 12.1 Å². The van der Waals surface area contributed by atoms with E-state index in [1.807, 2.05) is 12.1 Å². The summed E-state index contributed by atoms with van der Waals surface area (Å²) >= 11 is 5.47. The Labute approximate surface area is 92.9 Å². The second-order valence-electron chi connectivity index (χ2n) is 3.47. The summed E-state index contributed by atoms with van der Waals surface area (Å²) in [7, 11) is 3.16. The van der Waals surface area contributed by atoms with E-state index < -0.39 is 0 Å². The van der Waals surface area contributed by atoms with Gasteiger partial charge in [0.25, 0.3) is 0 Å². The average molecular weight is 227 g/mol. The normalized spacial score (nSPS) is 17.7. The molecule has 0 saturated carbocycles. The molecule has 0 amide bonds. The third-order valence-corrected chi connectivity index (χ3v) is 2.98. The van der Waals surface area contributed by atoms with Gasteiger partial charge in [0.05, 0.1) is 20.1 Å². The van der Waals surface area contributed by atoms with Crippen molar-refractivity contribution in [3.8, 4) is 11.5 Å². The predicted molar refractivity (Wildman–Crippen MR) is 56.9 cm³/mol. The van der Waals surface area contributed by atoms with E-state index in [0.717, 1.165) is 11.1 Å². The predicted octanol–water partition coefficient (Wildman–Crippen LogP) is 2.11. The van der Waals surface area contributed by atoms with Gasteiger partial charge in [-0.15, -0.1) is 0 Å². The second-order valence-corrected chi connectivity index (χ2v) is 3.84. The molecule has 0 fully saturated rings. The molecular formula is C11H11ClO3. The van der Waals surface area contributed by atoms with Crippen LogP contribution in [0, 0.1) is 0 Å². The van der Waals surface area contributed by atoms with Gasteiger partial charge in [0.15, 0.2) is 11.5 Å². The fraction of sp³-hybridized carbons (Fsp3) is 0.364. The Bertz CT molecular complexity index is 415. The highest BCUT2D eigenvalue weighted by atomic mass is 35.5. The largest absolute Gasteiger partial charge is 0.493 e. The van der Waals surface area contributed by atoms with Gasteiger partial charge in [-0.2, -0.15) is 0 Å². The Balaban J connectivity index is 2.41. The molecule has 0 radical (unpaired) electrons. The Morgan fingerprint density at radius 1 is 1.33 bits per heavy atom. The first-order chi connectivity index (χ1) is 7.17. The van der Waals surface area contributed by atoms with Crippen LogP contribution in [-0.4, -0.2) is 19.5 Å². The number of rotatable bonds is 3. The van der Waals surface area contributed by atoms with E-state index in [4.69, 9.17) is 21.1 Å². The number of benzene rings is 1. The van der Waals surface area contributed by atoms with E-state index in [-0.39, 0.29) is 11.2 Å². The molecule has 80 valence electrons. The van der Waals surface area contributed by atoms with Crippen LogP contribution in [0.1, 0.15) is 17.0 Å². The van der Waals surface area contributed by atoms with E-state index in [2.05, 4.69) is 0 Å². The van der Waals surface area contributed by atoms with E-state index >= 15 is 0 Å². The number of carbonyl (C=O) groups excluding carboxylic acids is 1. The number of carbonyl (C=O) groups is 1. The van der Waals surface area contributed by atoms with Crippen LogP contribution in [0.2, 0.25) is 0 Å². The zero-order valence-corrected chi connectivity index (χ0v) is 9.30. The molecule has 3 nitrogen and oxygen atoms in total. The zero-order valence-electron chi connectivity index (χ0n) is 8.54. The Morgan fingerprint density at radius 2 is 1.93 bits per heavy atom. The molecule has 1 aliphatic carbocycles. The van der Waals surface area contributed by atoms with E-state index in [1.54, 1.807) is 14.2 Å². The summed E-state index contributed by atoms with van der Waals surface area (Å²) in [5.74, 6) is 1.15. The Hall–Kier alpha value is -1.22. The van der Waals surface area contributed by atoms with E-state index in [0.29, 0.717) is 17.9 Å². The third-order valence-electron chi connectivity index (χ3n) is 2.72. The average Bonchev–Trinajstić information content (AvgIpc) is 2.19. The van der Waals surface area contributed by atoms with Crippen molar-refractivity contribution in [1.29, 1.82) is 0 Å². The maximum atomic E-state index is 11.0. The van der Waals surface area contributed by atoms with Gasteiger partial charge >= 0.3 is 0 Å². The van der Waals surface area contributed by atoms with E-state index in [1.165, 1.54) is 0 Å². The van der Waals surface area contributed by atoms with Crippen molar-refractivity contribution < 1.29 is 14.3 Å². The SMILES string of the molecule is COc1cc2c(cc1OC)C(C(=O)Cl)C2. The first-order valence-corrected chi connectivity index (χ1v) is 4.99. The summed E-state index contributed by atoms with van der Waals surface area (Å²) in [6.07, 6.45) is 0.692. The van der Waals surface area contributed by atoms with Crippen LogP contribution in [-0.2, 0) is 11.2 Å². The summed E-state index contributed by atoms with van der Waals surface area (Å²) in [4.78, 5) is 11.0. The molecule has 0 spiro atoms. The van der Waals surface area contributed by atoms with Gasteiger partial charge in [-0.05, 0) is 41.3 Å². The zero-order chi connectivity index (χ0) is 11.0. The number of methoxy groups -OCH3 is 2. The summed E-state index contributed by atoms with van der Waals surface area (Å²) in [5.41, 5.74) is 2.05. The molecule has 0 aliphatic heterocycles. The second kappa shape index (κ2) is 3.74. The van der Waals surface area contributed by atoms with Crippen molar-refractivity contribution in [2.75, 3.05) is 14.2 Å². The maximum Gasteiger partial charge on any atom is 0.229 e. The minimum absolute atomic E-state index is 0.179. The molecule has 0 aromatic heterocycles. The molecule has 0 saturated heterocycles. The first-order valence-electron chi connectivity index (χ1n) is 4.61. The number of hydrogen-bond donors (Lipinski definition) is 0. The monoisotopic (exact) mass is 226 g/mol. The number of halogens is 1. The molecule has 1 aromatic rings. The Kier molecular flexibility index (Phi) is 2.57. The highest BCUT2D eigenvalue weighted by molar-refractivity contribution is 6.64. The van der Waals surface area contributed by atoms with Crippen molar-refractivity contribution in [3.05, 3.63) is 23.3 Å². The van der Waals surface area contributed by atoms with Crippen LogP contribution in [0.4, 0.5) is 0 Å². The lowest BCUT2D eigenvalue weighted by Crippen LogP contribution is -2.22. The van der Waals surface area contributed by atoms with Crippen molar-refractivity contribution in [2.45, 2.75) is 12.3 Å². The van der Waals surface area contributed by atoms with Crippen LogP contribution in [0.3, 0.4) is 0 Å². The van der Waals surface area contributed by atoms with Crippen molar-refractivity contribution in [1.82, 2.24) is 0 Å². The molecule has 2 rings (SSSR count). The standard InChI is InChI=1S/C11H11ClO3/c1-14-9-4-6-3-8(11(12)13)7(6)5-10(9)15-2/h4-5,8H,3H2,1-2H3. The van der Waals surface area contributed by atoms with E-state index in [9.17, 15) is 4.79 Å². The van der Waals surface area contributed by atoms with Gasteiger partial charge in [0, 0.05) is 0 Å². The molecule has 15 heavy (non-hydrogen) atoms. The summed E-state index contributed by atoms with van der Waals surface area (Å²) < 4.78 is 10.3. The highest BCUT2D eigenvalue weighted by Crippen LogP contribution is 2.43. The topological polar surface area (TPSA) is 35.5 Å². The Morgan fingerprint density at radius 3 is 2.47 bits per heavy atom. The molecule has 0 bridgehead atoms. The maximum absolute atomic E-state index is 11.0. The fourth-order valence-electron chi connectivity index (χ4n) is 1.84. The molecule has 1 aliphatic rings. The molecule has 1 aromatic carbocycles. The fourth-order valence-corrected chi connectivity index (χ4v) is 2.03. The van der Waals surface area contributed by atoms with Crippen LogP contribution in [0.25, 0.3) is 0 Å². The number of ether oxygens (including phenoxy) is 2. The number of fused-ring (bicyclic) bond motifs is 1.